The summed E-state index contributed by atoms with van der Waals surface area (Å²) in [6.45, 7) is 5.55. The van der Waals surface area contributed by atoms with E-state index in [1.165, 1.54) is 11.1 Å². The van der Waals surface area contributed by atoms with Crippen LogP contribution in [0, 0.1) is 11.3 Å². The first kappa shape index (κ1) is 22.3. The highest BCUT2D eigenvalue weighted by atomic mass is 32.1. The quantitative estimate of drug-likeness (QED) is 0.373. The molecule has 0 spiro atoms. The standard InChI is InChI=1S/C26H26N6OS/c1-16(2)33-23-9-7-17(12-19(23)13-27)25-31-32-26(34-25)22-5-3-4-20-18(6-8-21(20)22)14-28-15-24-29-10-11-30-24/h3-5,7,9-12,16,18,28H,6,8,14-15H2,1-2H3,(H,29,30). The highest BCUT2D eigenvalue weighted by molar-refractivity contribution is 7.17. The van der Waals surface area contributed by atoms with Crippen LogP contribution in [0.4, 0.5) is 0 Å². The second-order valence-corrected chi connectivity index (χ2v) is 9.65. The van der Waals surface area contributed by atoms with Gasteiger partial charge in [-0.05, 0) is 61.9 Å². The Morgan fingerprint density at radius 2 is 2.12 bits per heavy atom. The van der Waals surface area contributed by atoms with Crippen molar-refractivity contribution in [1.82, 2.24) is 25.5 Å². The van der Waals surface area contributed by atoms with Crippen LogP contribution in [0.5, 0.6) is 5.75 Å². The van der Waals surface area contributed by atoms with Crippen molar-refractivity contribution in [2.24, 2.45) is 0 Å². The molecular formula is C26H26N6OS. The molecule has 34 heavy (non-hydrogen) atoms. The minimum atomic E-state index is 0.00965. The molecule has 7 nitrogen and oxygen atoms in total. The minimum absolute atomic E-state index is 0.00965. The van der Waals surface area contributed by atoms with Crippen LogP contribution in [0.15, 0.2) is 48.8 Å². The van der Waals surface area contributed by atoms with E-state index in [2.05, 4.69) is 49.8 Å². The van der Waals surface area contributed by atoms with Crippen LogP contribution in [0.25, 0.3) is 21.1 Å². The molecule has 2 aromatic carbocycles. The third kappa shape index (κ3) is 4.58. The van der Waals surface area contributed by atoms with E-state index in [0.29, 0.717) is 17.2 Å². The Labute approximate surface area is 202 Å². The highest BCUT2D eigenvalue weighted by Gasteiger charge is 2.26. The maximum Gasteiger partial charge on any atom is 0.148 e. The Balaban J connectivity index is 1.35. The fraction of sp³-hybridized carbons (Fsp3) is 0.308. The predicted octanol–water partition coefficient (Wildman–Crippen LogP) is 5.07. The van der Waals surface area contributed by atoms with Crippen molar-refractivity contribution in [2.75, 3.05) is 6.54 Å². The van der Waals surface area contributed by atoms with Gasteiger partial charge in [-0.1, -0.05) is 29.5 Å². The molecule has 0 radical (unpaired) electrons. The van der Waals surface area contributed by atoms with Gasteiger partial charge in [0.25, 0.3) is 0 Å². The molecule has 1 unspecified atom stereocenters. The maximum atomic E-state index is 9.56. The summed E-state index contributed by atoms with van der Waals surface area (Å²) >= 11 is 1.56. The minimum Gasteiger partial charge on any atom is -0.490 e. The zero-order valence-electron chi connectivity index (χ0n) is 19.2. The van der Waals surface area contributed by atoms with E-state index in [9.17, 15) is 5.26 Å². The molecule has 2 N–H and O–H groups in total. The summed E-state index contributed by atoms with van der Waals surface area (Å²) in [7, 11) is 0. The summed E-state index contributed by atoms with van der Waals surface area (Å²) in [6, 6.07) is 14.3. The zero-order chi connectivity index (χ0) is 23.5. The van der Waals surface area contributed by atoms with Crippen LogP contribution in [-0.2, 0) is 13.0 Å². The van der Waals surface area contributed by atoms with Gasteiger partial charge in [-0.25, -0.2) is 4.98 Å². The lowest BCUT2D eigenvalue weighted by Crippen LogP contribution is -2.20. The van der Waals surface area contributed by atoms with Crippen molar-refractivity contribution >= 4 is 11.3 Å². The fourth-order valence-electron chi connectivity index (χ4n) is 4.47. The Kier molecular flexibility index (Phi) is 6.39. The highest BCUT2D eigenvalue weighted by Crippen LogP contribution is 2.40. The summed E-state index contributed by atoms with van der Waals surface area (Å²) in [6.07, 6.45) is 5.79. The summed E-state index contributed by atoms with van der Waals surface area (Å²) in [5, 5.41) is 23.8. The molecule has 1 aliphatic carbocycles. The molecule has 0 saturated carbocycles. The monoisotopic (exact) mass is 470 g/mol. The zero-order valence-corrected chi connectivity index (χ0v) is 20.0. The lowest BCUT2D eigenvalue weighted by molar-refractivity contribution is 0.242. The number of nitrogens with one attached hydrogen (secondary N) is 2. The van der Waals surface area contributed by atoms with Crippen molar-refractivity contribution in [1.29, 1.82) is 5.26 Å². The number of nitriles is 1. The molecular weight excluding hydrogens is 444 g/mol. The molecule has 2 heterocycles. The Morgan fingerprint density at radius 3 is 2.91 bits per heavy atom. The third-order valence-electron chi connectivity index (χ3n) is 6.00. The normalized spacial score (nSPS) is 14.8. The molecule has 172 valence electrons. The van der Waals surface area contributed by atoms with E-state index in [0.717, 1.165) is 52.9 Å². The third-order valence-corrected chi connectivity index (χ3v) is 7.00. The van der Waals surface area contributed by atoms with Gasteiger partial charge in [0.2, 0.25) is 0 Å². The summed E-state index contributed by atoms with van der Waals surface area (Å²) in [5.41, 5.74) is 5.31. The smallest absolute Gasteiger partial charge is 0.148 e. The number of rotatable bonds is 8. The molecule has 2 aromatic heterocycles. The van der Waals surface area contributed by atoms with E-state index in [-0.39, 0.29) is 6.10 Å². The van der Waals surface area contributed by atoms with Crippen LogP contribution in [0.2, 0.25) is 0 Å². The first-order chi connectivity index (χ1) is 16.6. The maximum absolute atomic E-state index is 9.56. The van der Waals surface area contributed by atoms with Gasteiger partial charge in [-0.15, -0.1) is 10.2 Å². The molecule has 5 rings (SSSR count). The number of benzene rings is 2. The number of H-pyrrole nitrogens is 1. The molecule has 0 fully saturated rings. The molecule has 0 saturated heterocycles. The van der Waals surface area contributed by atoms with E-state index in [4.69, 9.17) is 4.74 Å². The molecule has 0 aliphatic heterocycles. The van der Waals surface area contributed by atoms with Gasteiger partial charge in [0, 0.05) is 30.1 Å². The van der Waals surface area contributed by atoms with Crippen LogP contribution >= 0.6 is 11.3 Å². The van der Waals surface area contributed by atoms with Gasteiger partial charge in [-0.3, -0.25) is 0 Å². The van der Waals surface area contributed by atoms with E-state index in [1.54, 1.807) is 17.5 Å². The van der Waals surface area contributed by atoms with Gasteiger partial charge in [0.1, 0.15) is 27.7 Å². The molecule has 1 atom stereocenters. The topological polar surface area (TPSA) is 99.5 Å². The van der Waals surface area contributed by atoms with Crippen LogP contribution in [-0.4, -0.2) is 32.8 Å². The van der Waals surface area contributed by atoms with Gasteiger partial charge in [0.15, 0.2) is 0 Å². The van der Waals surface area contributed by atoms with Gasteiger partial charge in [0.05, 0.1) is 18.2 Å². The largest absolute Gasteiger partial charge is 0.490 e. The summed E-state index contributed by atoms with van der Waals surface area (Å²) in [4.78, 5) is 7.41. The number of hydrogen-bond acceptors (Lipinski definition) is 7. The number of nitrogens with zero attached hydrogens (tertiary/aromatic N) is 4. The number of ether oxygens (including phenoxy) is 1. The van der Waals surface area contributed by atoms with Crippen molar-refractivity contribution in [3.63, 3.8) is 0 Å². The average Bonchev–Trinajstić information content (AvgIpc) is 3.60. The van der Waals surface area contributed by atoms with Crippen molar-refractivity contribution < 1.29 is 4.74 Å². The van der Waals surface area contributed by atoms with Crippen molar-refractivity contribution in [3.05, 3.63) is 71.3 Å². The van der Waals surface area contributed by atoms with E-state index >= 15 is 0 Å². The summed E-state index contributed by atoms with van der Waals surface area (Å²) < 4.78 is 5.75. The average molecular weight is 471 g/mol. The lowest BCUT2D eigenvalue weighted by Gasteiger charge is -2.13. The number of hydrogen-bond donors (Lipinski definition) is 2. The number of fused-ring (bicyclic) bond motifs is 1. The van der Waals surface area contributed by atoms with Crippen LogP contribution < -0.4 is 10.1 Å². The van der Waals surface area contributed by atoms with E-state index < -0.39 is 0 Å². The lowest BCUT2D eigenvalue weighted by atomic mass is 9.98. The fourth-order valence-corrected chi connectivity index (χ4v) is 5.36. The Morgan fingerprint density at radius 1 is 1.24 bits per heavy atom. The number of aromatic amines is 1. The van der Waals surface area contributed by atoms with Crippen molar-refractivity contribution in [2.45, 2.75) is 45.3 Å². The van der Waals surface area contributed by atoms with Crippen LogP contribution in [0.3, 0.4) is 0 Å². The molecule has 0 amide bonds. The Bertz CT molecular complexity index is 1320. The molecule has 4 aromatic rings. The summed E-state index contributed by atoms with van der Waals surface area (Å²) in [5.74, 6) is 2.03. The van der Waals surface area contributed by atoms with E-state index in [1.807, 2.05) is 38.2 Å². The number of imidazole rings is 1. The van der Waals surface area contributed by atoms with Gasteiger partial charge >= 0.3 is 0 Å². The van der Waals surface area contributed by atoms with Crippen molar-refractivity contribution in [3.8, 4) is 33.0 Å². The first-order valence-electron chi connectivity index (χ1n) is 11.5. The molecule has 1 aliphatic rings. The number of aromatic nitrogens is 4. The van der Waals surface area contributed by atoms with Crippen LogP contribution in [0.1, 0.15) is 48.7 Å². The second-order valence-electron chi connectivity index (χ2n) is 8.68. The predicted molar refractivity (Wildman–Crippen MR) is 133 cm³/mol. The molecule has 0 bridgehead atoms. The Hall–Kier alpha value is -3.54. The first-order valence-corrected chi connectivity index (χ1v) is 12.3. The SMILES string of the molecule is CC(C)Oc1ccc(-c2nnc(-c3cccc4c3CCC4CNCc3ncc[nH]3)s2)cc1C#N. The van der Waals surface area contributed by atoms with Gasteiger partial charge in [-0.2, -0.15) is 5.26 Å². The molecule has 8 heteroatoms. The van der Waals surface area contributed by atoms with Gasteiger partial charge < -0.3 is 15.0 Å². The second kappa shape index (κ2) is 9.75.